The Morgan fingerprint density at radius 3 is 3.10 bits per heavy atom. The number of aliphatic hydroxyl groups excluding tert-OH is 1. The van der Waals surface area contributed by atoms with Gasteiger partial charge in [-0.3, -0.25) is 14.4 Å². The van der Waals surface area contributed by atoms with Crippen LogP contribution in [-0.2, 0) is 17.9 Å². The summed E-state index contributed by atoms with van der Waals surface area (Å²) in [6.07, 6.45) is 1.93. The minimum Gasteiger partial charge on any atom is -0.481 e. The average Bonchev–Trinajstić information content (AvgIpc) is 2.62. The van der Waals surface area contributed by atoms with Gasteiger partial charge in [-0.05, 0) is 6.92 Å². The van der Waals surface area contributed by atoms with Gasteiger partial charge in [-0.25, -0.2) is 0 Å². The third kappa shape index (κ3) is 3.78. The maximum absolute atomic E-state index is 11.2. The van der Waals surface area contributed by atoms with Crippen molar-refractivity contribution in [2.45, 2.75) is 20.0 Å². The fourth-order valence-electron chi connectivity index (χ4n) is 2.46. The van der Waals surface area contributed by atoms with Gasteiger partial charge in [-0.2, -0.15) is 5.10 Å². The van der Waals surface area contributed by atoms with E-state index in [1.165, 1.54) is 0 Å². The molecule has 1 aromatic rings. The molecule has 0 aliphatic carbocycles. The maximum Gasteiger partial charge on any atom is 0.309 e. The molecule has 1 aromatic heterocycles. The molecule has 20 heavy (non-hydrogen) atoms. The van der Waals surface area contributed by atoms with Crippen molar-refractivity contribution in [3.63, 3.8) is 0 Å². The van der Waals surface area contributed by atoms with E-state index in [1.54, 1.807) is 4.68 Å². The van der Waals surface area contributed by atoms with E-state index in [4.69, 9.17) is 10.2 Å². The van der Waals surface area contributed by atoms with E-state index in [2.05, 4.69) is 15.3 Å². The lowest BCUT2D eigenvalue weighted by Crippen LogP contribution is -2.33. The summed E-state index contributed by atoms with van der Waals surface area (Å²) in [6.45, 7) is 5.88. The topological polar surface area (TPSA) is 90.6 Å². The van der Waals surface area contributed by atoms with E-state index < -0.39 is 5.97 Å². The predicted octanol–water partition coefficient (Wildman–Crippen LogP) is -0.710. The normalized spacial score (nSPS) is 20.8. The number of rotatable bonds is 5. The number of aliphatic hydroxyl groups is 1. The summed E-state index contributed by atoms with van der Waals surface area (Å²) in [5, 5.41) is 25.6. The zero-order valence-electron chi connectivity index (χ0n) is 11.7. The number of hydrogen-bond acceptors (Lipinski definition) is 5. The Bertz CT molecular complexity index is 460. The predicted molar refractivity (Wildman–Crippen MR) is 73.3 cm³/mol. The molecule has 1 fully saturated rings. The molecule has 3 N–H and O–H groups in total. The zero-order chi connectivity index (χ0) is 14.5. The van der Waals surface area contributed by atoms with Crippen molar-refractivity contribution in [2.24, 2.45) is 5.92 Å². The Hall–Kier alpha value is -1.44. The molecule has 0 bridgehead atoms. The van der Waals surface area contributed by atoms with Crippen molar-refractivity contribution in [3.05, 3.63) is 17.5 Å². The van der Waals surface area contributed by atoms with Crippen LogP contribution in [0.3, 0.4) is 0 Å². The Morgan fingerprint density at radius 2 is 2.40 bits per heavy atom. The third-order valence-electron chi connectivity index (χ3n) is 3.59. The fourth-order valence-corrected chi connectivity index (χ4v) is 2.46. The van der Waals surface area contributed by atoms with Crippen LogP contribution in [0, 0.1) is 12.8 Å². The van der Waals surface area contributed by atoms with Crippen LogP contribution < -0.4 is 5.32 Å². The highest BCUT2D eigenvalue weighted by Crippen LogP contribution is 2.12. The molecule has 2 heterocycles. The van der Waals surface area contributed by atoms with E-state index in [1.807, 2.05) is 13.1 Å². The van der Waals surface area contributed by atoms with Crippen LogP contribution in [0.2, 0.25) is 0 Å². The van der Waals surface area contributed by atoms with Gasteiger partial charge in [0.05, 0.1) is 24.8 Å². The molecule has 0 saturated carbocycles. The van der Waals surface area contributed by atoms with Crippen LogP contribution >= 0.6 is 0 Å². The minimum absolute atomic E-state index is 0.0648. The molecule has 7 nitrogen and oxygen atoms in total. The largest absolute Gasteiger partial charge is 0.481 e. The summed E-state index contributed by atoms with van der Waals surface area (Å²) >= 11 is 0. The van der Waals surface area contributed by atoms with Gasteiger partial charge in [0.25, 0.3) is 0 Å². The van der Waals surface area contributed by atoms with E-state index in [9.17, 15) is 4.79 Å². The van der Waals surface area contributed by atoms with Crippen molar-refractivity contribution < 1.29 is 15.0 Å². The zero-order valence-corrected chi connectivity index (χ0v) is 11.7. The summed E-state index contributed by atoms with van der Waals surface area (Å²) in [4.78, 5) is 13.3. The first-order chi connectivity index (χ1) is 9.60. The van der Waals surface area contributed by atoms with Crippen molar-refractivity contribution in [3.8, 4) is 0 Å². The fraction of sp³-hybridized carbons (Fsp3) is 0.692. The summed E-state index contributed by atoms with van der Waals surface area (Å²) < 4.78 is 1.73. The van der Waals surface area contributed by atoms with Gasteiger partial charge < -0.3 is 15.5 Å². The van der Waals surface area contributed by atoms with Gasteiger partial charge in [0.15, 0.2) is 0 Å². The lowest BCUT2D eigenvalue weighted by atomic mass is 10.1. The number of aryl methyl sites for hydroxylation is 1. The van der Waals surface area contributed by atoms with Crippen LogP contribution in [0.1, 0.15) is 11.3 Å². The van der Waals surface area contributed by atoms with Crippen LogP contribution in [0.5, 0.6) is 0 Å². The molecule has 0 amide bonds. The molecule has 1 unspecified atom stereocenters. The quantitative estimate of drug-likeness (QED) is 0.661. The third-order valence-corrected chi connectivity index (χ3v) is 3.59. The molecule has 1 atom stereocenters. The molecule has 1 aliphatic heterocycles. The monoisotopic (exact) mass is 282 g/mol. The Kier molecular flexibility index (Phi) is 5.11. The van der Waals surface area contributed by atoms with E-state index in [0.717, 1.165) is 24.3 Å². The second-order valence-electron chi connectivity index (χ2n) is 5.20. The van der Waals surface area contributed by atoms with Crippen LogP contribution in [0.15, 0.2) is 6.20 Å². The number of carbonyl (C=O) groups is 1. The number of carboxylic acid groups (broad SMARTS) is 1. The summed E-state index contributed by atoms with van der Waals surface area (Å²) in [7, 11) is 0. The van der Waals surface area contributed by atoms with Gasteiger partial charge in [-0.15, -0.1) is 0 Å². The number of nitrogens with one attached hydrogen (secondary N) is 1. The van der Waals surface area contributed by atoms with Crippen molar-refractivity contribution in [2.75, 3.05) is 32.8 Å². The second kappa shape index (κ2) is 6.83. The lowest BCUT2D eigenvalue weighted by molar-refractivity contribution is -0.142. The molecule has 112 valence electrons. The maximum atomic E-state index is 11.2. The van der Waals surface area contributed by atoms with E-state index in [0.29, 0.717) is 26.2 Å². The number of carboxylic acids is 1. The summed E-state index contributed by atoms with van der Waals surface area (Å²) in [5.41, 5.74) is 2.02. The standard InChI is InChI=1S/C13H22N4O3/c1-10-12(9-17(15-10)4-5-18)8-16-3-2-14-6-11(7-16)13(19)20/h9,11,14,18H,2-8H2,1H3,(H,19,20). The summed E-state index contributed by atoms with van der Waals surface area (Å²) in [5.74, 6) is -1.12. The average molecular weight is 282 g/mol. The van der Waals surface area contributed by atoms with Crippen LogP contribution in [0.25, 0.3) is 0 Å². The smallest absolute Gasteiger partial charge is 0.309 e. The molecule has 1 aliphatic rings. The molecule has 7 heteroatoms. The number of aliphatic carboxylic acids is 1. The van der Waals surface area contributed by atoms with Gasteiger partial charge >= 0.3 is 5.97 Å². The SMILES string of the molecule is Cc1nn(CCO)cc1CN1CCNCC(C(=O)O)C1. The Morgan fingerprint density at radius 1 is 1.60 bits per heavy atom. The van der Waals surface area contributed by atoms with Crippen molar-refractivity contribution >= 4 is 5.97 Å². The first-order valence-electron chi connectivity index (χ1n) is 6.90. The first-order valence-corrected chi connectivity index (χ1v) is 6.90. The van der Waals surface area contributed by atoms with Crippen molar-refractivity contribution in [1.82, 2.24) is 20.0 Å². The van der Waals surface area contributed by atoms with Gasteiger partial charge in [0.2, 0.25) is 0 Å². The molecule has 2 rings (SSSR count). The first kappa shape index (κ1) is 15.0. The number of nitrogens with zero attached hydrogens (tertiary/aromatic N) is 3. The summed E-state index contributed by atoms with van der Waals surface area (Å²) in [6, 6.07) is 0. The number of hydrogen-bond donors (Lipinski definition) is 3. The van der Waals surface area contributed by atoms with Gasteiger partial charge in [0.1, 0.15) is 0 Å². The van der Waals surface area contributed by atoms with Gasteiger partial charge in [0, 0.05) is 44.5 Å². The Balaban J connectivity index is 2.02. The van der Waals surface area contributed by atoms with Crippen LogP contribution in [-0.4, -0.2) is 63.6 Å². The highest BCUT2D eigenvalue weighted by molar-refractivity contribution is 5.70. The van der Waals surface area contributed by atoms with Crippen LogP contribution in [0.4, 0.5) is 0 Å². The molecular formula is C13H22N4O3. The second-order valence-corrected chi connectivity index (χ2v) is 5.20. The molecule has 0 radical (unpaired) electrons. The molecule has 1 saturated heterocycles. The van der Waals surface area contributed by atoms with E-state index in [-0.39, 0.29) is 12.5 Å². The molecule has 0 spiro atoms. The minimum atomic E-state index is -0.753. The lowest BCUT2D eigenvalue weighted by Gasteiger charge is -2.21. The highest BCUT2D eigenvalue weighted by atomic mass is 16.4. The highest BCUT2D eigenvalue weighted by Gasteiger charge is 2.24. The molecule has 0 aromatic carbocycles. The molecular weight excluding hydrogens is 260 g/mol. The number of aromatic nitrogens is 2. The van der Waals surface area contributed by atoms with Crippen molar-refractivity contribution in [1.29, 1.82) is 0 Å². The Labute approximate surface area is 118 Å². The van der Waals surface area contributed by atoms with Gasteiger partial charge in [-0.1, -0.05) is 0 Å². The van der Waals surface area contributed by atoms with E-state index >= 15 is 0 Å².